The van der Waals surface area contributed by atoms with Crippen LogP contribution in [0, 0.1) is 12.7 Å². The van der Waals surface area contributed by atoms with Gasteiger partial charge in [0.05, 0.1) is 23.4 Å². The number of amides is 1. The van der Waals surface area contributed by atoms with Gasteiger partial charge in [-0.3, -0.25) is 9.10 Å². The fourth-order valence-corrected chi connectivity index (χ4v) is 5.52. The second kappa shape index (κ2) is 14.0. The molecule has 0 aliphatic heterocycles. The number of carbonyl (C=O) groups excluding carboxylic acids is 1. The SMILES string of the molecule is CCOc1cc(/C=N\NC(=O)CN(c2ccc(F)cc2)S(=O)(=O)c2ccc(C)cc2)ccc1OCc1cccc(Cl)c1. The summed E-state index contributed by atoms with van der Waals surface area (Å²) in [6.07, 6.45) is 1.40. The van der Waals surface area contributed by atoms with Crippen molar-refractivity contribution < 1.29 is 27.1 Å². The highest BCUT2D eigenvalue weighted by molar-refractivity contribution is 7.92. The Balaban J connectivity index is 1.46. The predicted octanol–water partition coefficient (Wildman–Crippen LogP) is 6.11. The summed E-state index contributed by atoms with van der Waals surface area (Å²) >= 11 is 6.05. The summed E-state index contributed by atoms with van der Waals surface area (Å²) < 4.78 is 52.9. The Kier molecular flexibility index (Phi) is 10.2. The molecule has 0 radical (unpaired) electrons. The van der Waals surface area contributed by atoms with E-state index in [-0.39, 0.29) is 10.6 Å². The van der Waals surface area contributed by atoms with Gasteiger partial charge in [0, 0.05) is 5.02 Å². The van der Waals surface area contributed by atoms with E-state index < -0.39 is 28.3 Å². The van der Waals surface area contributed by atoms with Crippen LogP contribution in [0.1, 0.15) is 23.6 Å². The molecule has 1 N–H and O–H groups in total. The maximum absolute atomic E-state index is 13.6. The molecule has 218 valence electrons. The number of nitrogens with one attached hydrogen (secondary N) is 1. The van der Waals surface area contributed by atoms with Gasteiger partial charge in [-0.15, -0.1) is 0 Å². The highest BCUT2D eigenvalue weighted by Crippen LogP contribution is 2.29. The first-order chi connectivity index (χ1) is 20.2. The van der Waals surface area contributed by atoms with E-state index in [1.54, 1.807) is 36.4 Å². The minimum Gasteiger partial charge on any atom is -0.490 e. The molecule has 0 aliphatic rings. The van der Waals surface area contributed by atoms with Gasteiger partial charge >= 0.3 is 0 Å². The standard InChI is InChI=1S/C31H29ClFN3O5S/c1-3-40-30-18-23(9-16-29(30)41-21-24-5-4-6-25(32)17-24)19-34-35-31(37)20-36(27-12-10-26(33)11-13-27)42(38,39)28-14-7-22(2)8-15-28/h4-19H,3,20-21H2,1-2H3,(H,35,37)/b34-19-. The maximum atomic E-state index is 13.6. The van der Waals surface area contributed by atoms with Crippen molar-refractivity contribution in [2.75, 3.05) is 17.5 Å². The van der Waals surface area contributed by atoms with Crippen LogP contribution in [0.25, 0.3) is 0 Å². The van der Waals surface area contributed by atoms with E-state index in [1.165, 1.54) is 30.5 Å². The molecule has 0 aromatic heterocycles. The molecular formula is C31H29ClFN3O5S. The molecule has 4 rings (SSSR count). The quantitative estimate of drug-likeness (QED) is 0.154. The minimum absolute atomic E-state index is 0.00477. The number of benzene rings is 4. The summed E-state index contributed by atoms with van der Waals surface area (Å²) in [6.45, 7) is 3.79. The highest BCUT2D eigenvalue weighted by atomic mass is 35.5. The number of sulfonamides is 1. The van der Waals surface area contributed by atoms with E-state index in [9.17, 15) is 17.6 Å². The number of hydrogen-bond donors (Lipinski definition) is 1. The Labute approximate surface area is 249 Å². The Morgan fingerprint density at radius 1 is 0.976 bits per heavy atom. The molecule has 0 saturated carbocycles. The lowest BCUT2D eigenvalue weighted by Gasteiger charge is -2.23. The number of carbonyl (C=O) groups is 1. The molecule has 0 saturated heterocycles. The number of hydrazone groups is 1. The zero-order valence-electron chi connectivity index (χ0n) is 23.0. The van der Waals surface area contributed by atoms with Crippen LogP contribution in [0.2, 0.25) is 5.02 Å². The summed E-state index contributed by atoms with van der Waals surface area (Å²) in [6, 6.07) is 23.6. The van der Waals surface area contributed by atoms with Crippen LogP contribution in [-0.2, 0) is 21.4 Å². The topological polar surface area (TPSA) is 97.3 Å². The third kappa shape index (κ3) is 8.08. The Morgan fingerprint density at radius 2 is 1.71 bits per heavy atom. The molecule has 4 aromatic rings. The molecular weight excluding hydrogens is 581 g/mol. The summed E-state index contributed by atoms with van der Waals surface area (Å²) in [7, 11) is -4.14. The first-order valence-electron chi connectivity index (χ1n) is 13.0. The molecule has 0 aliphatic carbocycles. The molecule has 4 aromatic carbocycles. The van der Waals surface area contributed by atoms with E-state index in [4.69, 9.17) is 21.1 Å². The monoisotopic (exact) mass is 609 g/mol. The van der Waals surface area contributed by atoms with Crippen molar-refractivity contribution in [2.24, 2.45) is 5.10 Å². The molecule has 0 fully saturated rings. The fourth-order valence-electron chi connectivity index (χ4n) is 3.88. The maximum Gasteiger partial charge on any atom is 0.264 e. The van der Waals surface area contributed by atoms with Crippen molar-refractivity contribution in [2.45, 2.75) is 25.3 Å². The summed E-state index contributed by atoms with van der Waals surface area (Å²) in [5.41, 5.74) is 4.88. The van der Waals surface area contributed by atoms with Crippen LogP contribution in [0.5, 0.6) is 11.5 Å². The van der Waals surface area contributed by atoms with Crippen LogP contribution in [-0.4, -0.2) is 33.7 Å². The lowest BCUT2D eigenvalue weighted by atomic mass is 10.2. The average molecular weight is 610 g/mol. The van der Waals surface area contributed by atoms with E-state index in [0.717, 1.165) is 27.6 Å². The third-order valence-corrected chi connectivity index (χ3v) is 7.99. The lowest BCUT2D eigenvalue weighted by Crippen LogP contribution is -2.39. The van der Waals surface area contributed by atoms with Crippen molar-refractivity contribution in [1.29, 1.82) is 0 Å². The minimum atomic E-state index is -4.14. The zero-order chi connectivity index (χ0) is 30.1. The summed E-state index contributed by atoms with van der Waals surface area (Å²) in [5, 5.41) is 4.60. The summed E-state index contributed by atoms with van der Waals surface area (Å²) in [4.78, 5) is 12.8. The van der Waals surface area contributed by atoms with Crippen LogP contribution in [0.4, 0.5) is 10.1 Å². The summed E-state index contributed by atoms with van der Waals surface area (Å²) in [5.74, 6) is -0.221. The number of hydrogen-bond acceptors (Lipinski definition) is 6. The molecule has 0 atom stereocenters. The Hall–Kier alpha value is -4.41. The lowest BCUT2D eigenvalue weighted by molar-refractivity contribution is -0.119. The van der Waals surface area contributed by atoms with Crippen molar-refractivity contribution in [3.8, 4) is 11.5 Å². The van der Waals surface area contributed by atoms with Gasteiger partial charge in [-0.05, 0) is 91.7 Å². The number of rotatable bonds is 12. The van der Waals surface area contributed by atoms with Crippen molar-refractivity contribution in [3.63, 3.8) is 0 Å². The van der Waals surface area contributed by atoms with Crippen molar-refractivity contribution in [1.82, 2.24) is 5.43 Å². The van der Waals surface area contributed by atoms with Gasteiger partial charge in [0.1, 0.15) is 19.0 Å². The Morgan fingerprint density at radius 3 is 2.40 bits per heavy atom. The second-order valence-corrected chi connectivity index (χ2v) is 11.5. The van der Waals surface area contributed by atoms with E-state index in [0.29, 0.717) is 35.3 Å². The van der Waals surface area contributed by atoms with Crippen LogP contribution >= 0.6 is 11.6 Å². The van der Waals surface area contributed by atoms with E-state index in [2.05, 4.69) is 10.5 Å². The number of nitrogens with zero attached hydrogens (tertiary/aromatic N) is 2. The van der Waals surface area contributed by atoms with Crippen molar-refractivity contribution in [3.05, 3.63) is 119 Å². The van der Waals surface area contributed by atoms with Crippen LogP contribution in [0.15, 0.2) is 101 Å². The molecule has 0 unspecified atom stereocenters. The molecule has 0 bridgehead atoms. The molecule has 0 heterocycles. The molecule has 42 heavy (non-hydrogen) atoms. The second-order valence-electron chi connectivity index (χ2n) is 9.15. The molecule has 1 amide bonds. The Bertz CT molecular complexity index is 1660. The van der Waals surface area contributed by atoms with Gasteiger partial charge in [0.15, 0.2) is 11.5 Å². The number of halogens is 2. The van der Waals surface area contributed by atoms with Gasteiger partial charge in [0.25, 0.3) is 15.9 Å². The van der Waals surface area contributed by atoms with Gasteiger partial charge in [0.2, 0.25) is 0 Å². The number of aryl methyl sites for hydroxylation is 1. The molecule has 11 heteroatoms. The van der Waals surface area contributed by atoms with E-state index >= 15 is 0 Å². The van der Waals surface area contributed by atoms with E-state index in [1.807, 2.05) is 32.0 Å². The normalized spacial score (nSPS) is 11.3. The highest BCUT2D eigenvalue weighted by Gasteiger charge is 2.27. The zero-order valence-corrected chi connectivity index (χ0v) is 24.5. The number of anilines is 1. The molecule has 0 spiro atoms. The smallest absolute Gasteiger partial charge is 0.264 e. The average Bonchev–Trinajstić information content (AvgIpc) is 2.96. The van der Waals surface area contributed by atoms with Crippen molar-refractivity contribution >= 4 is 39.4 Å². The molecule has 8 nitrogen and oxygen atoms in total. The van der Waals surface area contributed by atoms with Gasteiger partial charge in [-0.1, -0.05) is 41.4 Å². The van der Waals surface area contributed by atoms with Crippen LogP contribution < -0.4 is 19.2 Å². The fraction of sp³-hybridized carbons (Fsp3) is 0.161. The largest absolute Gasteiger partial charge is 0.490 e. The number of ether oxygens (including phenoxy) is 2. The predicted molar refractivity (Wildman–Crippen MR) is 161 cm³/mol. The van der Waals surface area contributed by atoms with Crippen LogP contribution in [0.3, 0.4) is 0 Å². The van der Waals surface area contributed by atoms with Gasteiger partial charge < -0.3 is 9.47 Å². The first kappa shape index (κ1) is 30.5. The third-order valence-electron chi connectivity index (χ3n) is 5.96. The van der Waals surface area contributed by atoms with Gasteiger partial charge in [-0.25, -0.2) is 18.2 Å². The van der Waals surface area contributed by atoms with Gasteiger partial charge in [-0.2, -0.15) is 5.10 Å². The first-order valence-corrected chi connectivity index (χ1v) is 14.8.